The molecule has 1 aromatic carbocycles. The Labute approximate surface area is 155 Å². The Morgan fingerprint density at radius 1 is 1.28 bits per heavy atom. The van der Waals surface area contributed by atoms with Crippen LogP contribution in [0.2, 0.25) is 0 Å². The van der Waals surface area contributed by atoms with Crippen molar-refractivity contribution in [1.82, 2.24) is 14.5 Å². The van der Waals surface area contributed by atoms with Gasteiger partial charge in [-0.2, -0.15) is 0 Å². The molecular weight excluding hydrogens is 350 g/mol. The summed E-state index contributed by atoms with van der Waals surface area (Å²) < 4.78 is 1.83. The molecule has 1 aliphatic heterocycles. The Morgan fingerprint density at radius 2 is 2.08 bits per heavy atom. The smallest absolute Gasteiger partial charge is 0.263 e. The number of nitrogens with zero attached hydrogens (tertiary/aromatic N) is 3. The van der Waals surface area contributed by atoms with Gasteiger partial charge in [-0.1, -0.05) is 49.0 Å². The lowest BCUT2D eigenvalue weighted by Crippen LogP contribution is -2.30. The van der Waals surface area contributed by atoms with Gasteiger partial charge in [-0.3, -0.25) is 14.3 Å². The van der Waals surface area contributed by atoms with Crippen LogP contribution in [-0.2, 0) is 19.5 Å². The molecule has 4 nitrogen and oxygen atoms in total. The number of aromatic nitrogens is 2. The Bertz CT molecular complexity index is 962. The van der Waals surface area contributed by atoms with E-state index in [0.29, 0.717) is 6.54 Å². The minimum absolute atomic E-state index is 0.112. The largest absolute Gasteiger partial charge is 0.298 e. The number of thioether (sulfide) groups is 1. The first-order valence-corrected chi connectivity index (χ1v) is 10.6. The summed E-state index contributed by atoms with van der Waals surface area (Å²) in [6, 6.07) is 10.1. The summed E-state index contributed by atoms with van der Waals surface area (Å²) in [4.78, 5) is 22.8. The first kappa shape index (κ1) is 16.8. The third-order valence-corrected chi connectivity index (χ3v) is 6.61. The highest BCUT2D eigenvalue weighted by Crippen LogP contribution is 2.33. The molecule has 0 saturated carbocycles. The first-order valence-electron chi connectivity index (χ1n) is 8.56. The van der Waals surface area contributed by atoms with Crippen LogP contribution in [0, 0.1) is 0 Å². The van der Waals surface area contributed by atoms with Gasteiger partial charge in [-0.05, 0) is 30.3 Å². The van der Waals surface area contributed by atoms with Gasteiger partial charge in [-0.15, -0.1) is 11.3 Å². The Kier molecular flexibility index (Phi) is 4.67. The quantitative estimate of drug-likeness (QED) is 0.519. The van der Waals surface area contributed by atoms with Gasteiger partial charge in [0.15, 0.2) is 5.16 Å². The van der Waals surface area contributed by atoms with Gasteiger partial charge in [0.2, 0.25) is 0 Å². The van der Waals surface area contributed by atoms with Gasteiger partial charge < -0.3 is 0 Å². The number of rotatable bonds is 4. The molecule has 0 bridgehead atoms. The van der Waals surface area contributed by atoms with Gasteiger partial charge in [0.05, 0.1) is 11.9 Å². The van der Waals surface area contributed by atoms with E-state index in [2.05, 4.69) is 24.0 Å². The summed E-state index contributed by atoms with van der Waals surface area (Å²) in [6.45, 7) is 5.78. The highest BCUT2D eigenvalue weighted by molar-refractivity contribution is 7.98. The van der Waals surface area contributed by atoms with Gasteiger partial charge in [0.1, 0.15) is 4.83 Å². The molecule has 0 atom stereocenters. The van der Waals surface area contributed by atoms with Crippen molar-refractivity contribution in [2.75, 3.05) is 19.3 Å². The average Bonchev–Trinajstić information content (AvgIpc) is 3.02. The molecule has 4 rings (SSSR count). The fourth-order valence-corrected chi connectivity index (χ4v) is 5.30. The predicted octanol–water partition coefficient (Wildman–Crippen LogP) is 3.61. The zero-order valence-corrected chi connectivity index (χ0v) is 16.1. The SMILES string of the molecule is CCN1CCc2c(sc3nc(SC)n(Cc4ccccc4)c(=O)c23)C1. The minimum atomic E-state index is 0.112. The lowest BCUT2D eigenvalue weighted by atomic mass is 10.1. The van der Waals surface area contributed by atoms with E-state index in [9.17, 15) is 4.79 Å². The standard InChI is InChI=1S/C19H21N3OS2/c1-3-21-10-9-14-15(12-21)25-17-16(14)18(23)22(19(20-17)24-2)11-13-7-5-4-6-8-13/h4-8H,3,9-12H2,1-2H3. The van der Waals surface area contributed by atoms with Crippen molar-refractivity contribution in [2.24, 2.45) is 0 Å². The fraction of sp³-hybridized carbons (Fsp3) is 0.368. The van der Waals surface area contributed by atoms with Gasteiger partial charge >= 0.3 is 0 Å². The van der Waals surface area contributed by atoms with Crippen LogP contribution >= 0.6 is 23.1 Å². The van der Waals surface area contributed by atoms with E-state index in [1.54, 1.807) is 23.1 Å². The van der Waals surface area contributed by atoms with E-state index < -0.39 is 0 Å². The highest BCUT2D eigenvalue weighted by Gasteiger charge is 2.24. The van der Waals surface area contributed by atoms with E-state index in [0.717, 1.165) is 47.0 Å². The molecule has 2 aromatic heterocycles. The van der Waals surface area contributed by atoms with E-state index in [1.165, 1.54) is 10.4 Å². The van der Waals surface area contributed by atoms with Crippen LogP contribution in [-0.4, -0.2) is 33.8 Å². The number of likely N-dealkylation sites (N-methyl/N-ethyl adjacent to an activating group) is 1. The van der Waals surface area contributed by atoms with Crippen LogP contribution in [0.5, 0.6) is 0 Å². The van der Waals surface area contributed by atoms with Crippen molar-refractivity contribution in [1.29, 1.82) is 0 Å². The lowest BCUT2D eigenvalue weighted by molar-refractivity contribution is 0.272. The van der Waals surface area contributed by atoms with Crippen molar-refractivity contribution in [3.63, 3.8) is 0 Å². The summed E-state index contributed by atoms with van der Waals surface area (Å²) in [7, 11) is 0. The van der Waals surface area contributed by atoms with Crippen LogP contribution in [0.15, 0.2) is 40.3 Å². The summed E-state index contributed by atoms with van der Waals surface area (Å²) in [5, 5.41) is 1.65. The Morgan fingerprint density at radius 3 is 2.80 bits per heavy atom. The molecule has 0 N–H and O–H groups in total. The predicted molar refractivity (Wildman–Crippen MR) is 106 cm³/mol. The molecule has 6 heteroatoms. The molecule has 0 unspecified atom stereocenters. The maximum atomic E-state index is 13.3. The van der Waals surface area contributed by atoms with Crippen molar-refractivity contribution < 1.29 is 0 Å². The molecule has 0 amide bonds. The van der Waals surface area contributed by atoms with Crippen LogP contribution in [0.3, 0.4) is 0 Å². The van der Waals surface area contributed by atoms with Crippen molar-refractivity contribution >= 4 is 33.3 Å². The molecule has 0 radical (unpaired) electrons. The molecule has 3 aromatic rings. The summed E-state index contributed by atoms with van der Waals surface area (Å²) >= 11 is 3.24. The molecule has 130 valence electrons. The second kappa shape index (κ2) is 6.94. The minimum Gasteiger partial charge on any atom is -0.298 e. The van der Waals surface area contributed by atoms with Crippen LogP contribution in [0.1, 0.15) is 22.9 Å². The molecular formula is C19H21N3OS2. The van der Waals surface area contributed by atoms with Gasteiger partial charge in [0, 0.05) is 18.0 Å². The number of hydrogen-bond donors (Lipinski definition) is 0. The second-order valence-corrected chi connectivity index (χ2v) is 8.14. The van der Waals surface area contributed by atoms with Crippen molar-refractivity contribution in [3.05, 3.63) is 56.7 Å². The molecule has 0 aliphatic carbocycles. The monoisotopic (exact) mass is 371 g/mol. The zero-order chi connectivity index (χ0) is 17.4. The van der Waals surface area contributed by atoms with E-state index >= 15 is 0 Å². The maximum absolute atomic E-state index is 13.3. The molecule has 0 saturated heterocycles. The number of benzene rings is 1. The first-order chi connectivity index (χ1) is 12.2. The van der Waals surface area contributed by atoms with Crippen molar-refractivity contribution in [2.45, 2.75) is 31.6 Å². The fourth-order valence-electron chi connectivity index (χ4n) is 3.44. The Balaban J connectivity index is 1.86. The number of hydrogen-bond acceptors (Lipinski definition) is 5. The lowest BCUT2D eigenvalue weighted by Gasteiger charge is -2.25. The third kappa shape index (κ3) is 3.03. The van der Waals surface area contributed by atoms with Crippen LogP contribution in [0.4, 0.5) is 0 Å². The van der Waals surface area contributed by atoms with Crippen LogP contribution in [0.25, 0.3) is 10.2 Å². The highest BCUT2D eigenvalue weighted by atomic mass is 32.2. The normalized spacial score (nSPS) is 14.8. The maximum Gasteiger partial charge on any atom is 0.263 e. The van der Waals surface area contributed by atoms with E-state index in [1.807, 2.05) is 29.0 Å². The molecule has 1 aliphatic rings. The van der Waals surface area contributed by atoms with Crippen LogP contribution < -0.4 is 5.56 Å². The van der Waals surface area contributed by atoms with Gasteiger partial charge in [0.25, 0.3) is 5.56 Å². The second-order valence-electron chi connectivity index (χ2n) is 6.28. The summed E-state index contributed by atoms with van der Waals surface area (Å²) in [5.41, 5.74) is 2.47. The topological polar surface area (TPSA) is 38.1 Å². The molecule has 25 heavy (non-hydrogen) atoms. The van der Waals surface area contributed by atoms with E-state index in [-0.39, 0.29) is 5.56 Å². The summed E-state index contributed by atoms with van der Waals surface area (Å²) in [6.07, 6.45) is 2.94. The van der Waals surface area contributed by atoms with E-state index in [4.69, 9.17) is 4.98 Å². The Hall–Kier alpha value is -1.63. The number of fused-ring (bicyclic) bond motifs is 3. The zero-order valence-electron chi connectivity index (χ0n) is 14.5. The summed E-state index contributed by atoms with van der Waals surface area (Å²) in [5.74, 6) is 0. The average molecular weight is 372 g/mol. The molecule has 3 heterocycles. The molecule has 0 spiro atoms. The molecule has 0 fully saturated rings. The number of thiophene rings is 1. The van der Waals surface area contributed by atoms with Crippen molar-refractivity contribution in [3.8, 4) is 0 Å². The van der Waals surface area contributed by atoms with Gasteiger partial charge in [-0.25, -0.2) is 4.98 Å². The third-order valence-electron chi connectivity index (χ3n) is 4.82.